The Labute approximate surface area is 302 Å². The molecule has 0 unspecified atom stereocenters. The molecule has 2 amide bonds. The number of carbonyl (C=O) groups excluding carboxylic acids is 3. The number of likely N-dealkylation sites (tertiary alicyclic amines) is 1. The Morgan fingerprint density at radius 3 is 1.87 bits per heavy atom. The number of benzene rings is 3. The molecule has 15 heteroatoms. The van der Waals surface area contributed by atoms with Gasteiger partial charge in [0.15, 0.2) is 6.04 Å². The number of halogens is 6. The number of rotatable bonds is 10. The van der Waals surface area contributed by atoms with Gasteiger partial charge in [-0.1, -0.05) is 67.3 Å². The molecule has 4 N–H and O–H groups in total. The lowest BCUT2D eigenvalue weighted by molar-refractivity contribution is -0.192. The van der Waals surface area contributed by atoms with Crippen LogP contribution >= 0.6 is 11.6 Å². The molecule has 0 aromatic heterocycles. The van der Waals surface area contributed by atoms with Gasteiger partial charge in [-0.2, -0.15) is 22.0 Å². The topological polar surface area (TPSA) is 139 Å². The van der Waals surface area contributed by atoms with Crippen molar-refractivity contribution in [1.82, 2.24) is 10.2 Å². The molecule has 0 bridgehead atoms. The van der Waals surface area contributed by atoms with E-state index >= 15 is 8.78 Å². The minimum atomic E-state index is -5.08. The van der Waals surface area contributed by atoms with Gasteiger partial charge >= 0.3 is 18.1 Å². The molecule has 1 saturated carbocycles. The van der Waals surface area contributed by atoms with Gasteiger partial charge in [0, 0.05) is 35.3 Å². The molecule has 0 radical (unpaired) electrons. The standard InChI is InChI=1S/C35H38ClF2N3O4.C2HF3O2/c36-28-14-8-25(9-15-28)24-6-12-27(13-7-24)35(37,38)32(34(44)41-20-18-29(39)19-21-41)40-33(43)31(42)26-10-16-30(17-11-26)45-22-23-4-2-1-3-5-23;3-2(4,5)1(6)7/h6-17,23,29,32H,1-5,18-22,39H2,(H,40,43);(H,6,7)/t32-;/m1./s1. The SMILES string of the molecule is NC1CCN(C(=O)[C@@H](NC(=O)C(=O)c2ccc(OCC3CCCCC3)cc2)C(F)(F)c2ccc(-c3ccc(Cl)cc3)cc2)CC1.O=C(O)C(F)(F)F. The molecule has 1 aliphatic carbocycles. The first-order chi connectivity index (χ1) is 24.6. The molecule has 1 aliphatic heterocycles. The summed E-state index contributed by atoms with van der Waals surface area (Å²) in [7, 11) is 0. The number of carboxylic acid groups (broad SMARTS) is 1. The molecule has 1 heterocycles. The Balaban J connectivity index is 0.000000785. The average Bonchev–Trinajstić information content (AvgIpc) is 3.13. The summed E-state index contributed by atoms with van der Waals surface area (Å²) in [4.78, 5) is 49.9. The van der Waals surface area contributed by atoms with Gasteiger partial charge < -0.3 is 25.8 Å². The van der Waals surface area contributed by atoms with E-state index in [1.54, 1.807) is 36.4 Å². The molecule has 52 heavy (non-hydrogen) atoms. The third kappa shape index (κ3) is 11.0. The van der Waals surface area contributed by atoms with Gasteiger partial charge in [0.1, 0.15) is 5.75 Å². The second-order valence-corrected chi connectivity index (χ2v) is 13.2. The zero-order chi connectivity index (χ0) is 38.1. The van der Waals surface area contributed by atoms with Crippen molar-refractivity contribution in [3.63, 3.8) is 0 Å². The summed E-state index contributed by atoms with van der Waals surface area (Å²) >= 11 is 5.96. The van der Waals surface area contributed by atoms with Crippen LogP contribution < -0.4 is 15.8 Å². The minimum absolute atomic E-state index is 0.00305. The van der Waals surface area contributed by atoms with E-state index in [0.29, 0.717) is 41.7 Å². The maximum Gasteiger partial charge on any atom is 0.490 e. The summed E-state index contributed by atoms with van der Waals surface area (Å²) in [5.41, 5.74) is 6.93. The highest BCUT2D eigenvalue weighted by atomic mass is 35.5. The molecule has 1 saturated heterocycles. The van der Waals surface area contributed by atoms with Crippen LogP contribution in [0.2, 0.25) is 5.02 Å². The number of Topliss-reactive ketones (excluding diaryl/α,β-unsaturated/α-hetero) is 1. The van der Waals surface area contributed by atoms with Gasteiger partial charge in [0.2, 0.25) is 5.78 Å². The van der Waals surface area contributed by atoms with Crippen LogP contribution in [0.5, 0.6) is 5.75 Å². The van der Waals surface area contributed by atoms with Crippen molar-refractivity contribution >= 4 is 35.2 Å². The molecular formula is C37H39ClF5N3O6. The minimum Gasteiger partial charge on any atom is -0.493 e. The third-order valence-corrected chi connectivity index (χ3v) is 9.21. The quantitative estimate of drug-likeness (QED) is 0.115. The molecule has 0 spiro atoms. The summed E-state index contributed by atoms with van der Waals surface area (Å²) in [5, 5.41) is 9.76. The van der Waals surface area contributed by atoms with Crippen LogP contribution in [0.1, 0.15) is 60.9 Å². The number of ketones is 1. The fourth-order valence-corrected chi connectivity index (χ4v) is 6.03. The van der Waals surface area contributed by atoms with Gasteiger partial charge in [-0.05, 0) is 79.1 Å². The number of carboxylic acids is 1. The number of amides is 2. The monoisotopic (exact) mass is 751 g/mol. The molecule has 2 fully saturated rings. The maximum absolute atomic E-state index is 16.2. The smallest absolute Gasteiger partial charge is 0.490 e. The molecular weight excluding hydrogens is 713 g/mol. The number of ether oxygens (including phenoxy) is 1. The van der Waals surface area contributed by atoms with Crippen molar-refractivity contribution in [2.45, 2.75) is 69.1 Å². The Morgan fingerprint density at radius 2 is 1.35 bits per heavy atom. The van der Waals surface area contributed by atoms with E-state index in [2.05, 4.69) is 5.32 Å². The number of carbonyl (C=O) groups is 4. The fourth-order valence-electron chi connectivity index (χ4n) is 5.90. The first kappa shape index (κ1) is 40.2. The fraction of sp³-hybridized carbons (Fsp3) is 0.405. The van der Waals surface area contributed by atoms with Crippen LogP contribution in [0.25, 0.3) is 11.1 Å². The highest BCUT2D eigenvalue weighted by Gasteiger charge is 2.49. The summed E-state index contributed by atoms with van der Waals surface area (Å²) in [6, 6.07) is 16.0. The van der Waals surface area contributed by atoms with Gasteiger partial charge in [-0.25, -0.2) is 4.79 Å². The van der Waals surface area contributed by atoms with Crippen LogP contribution in [0, 0.1) is 5.92 Å². The number of hydrogen-bond donors (Lipinski definition) is 3. The number of piperidine rings is 1. The normalized spacial score (nSPS) is 16.2. The largest absolute Gasteiger partial charge is 0.493 e. The number of alkyl halides is 5. The van der Waals surface area contributed by atoms with E-state index in [0.717, 1.165) is 18.4 Å². The van der Waals surface area contributed by atoms with Crippen molar-refractivity contribution in [1.29, 1.82) is 0 Å². The van der Waals surface area contributed by atoms with Crippen LogP contribution in [0.3, 0.4) is 0 Å². The predicted octanol–water partition coefficient (Wildman–Crippen LogP) is 7.01. The summed E-state index contributed by atoms with van der Waals surface area (Å²) in [6.07, 6.45) is 1.69. The van der Waals surface area contributed by atoms with Gasteiger partial charge in [0.05, 0.1) is 6.61 Å². The highest BCUT2D eigenvalue weighted by Crippen LogP contribution is 2.35. The van der Waals surface area contributed by atoms with Gasteiger partial charge in [0.25, 0.3) is 11.8 Å². The molecule has 1 atom stereocenters. The van der Waals surface area contributed by atoms with Crippen LogP contribution in [-0.4, -0.2) is 71.5 Å². The molecule has 9 nitrogen and oxygen atoms in total. The zero-order valence-electron chi connectivity index (χ0n) is 28.0. The van der Waals surface area contributed by atoms with E-state index in [1.807, 2.05) is 0 Å². The number of nitrogens with two attached hydrogens (primary N) is 1. The highest BCUT2D eigenvalue weighted by molar-refractivity contribution is 6.43. The van der Waals surface area contributed by atoms with E-state index in [9.17, 15) is 27.6 Å². The number of nitrogens with one attached hydrogen (secondary N) is 1. The summed E-state index contributed by atoms with van der Waals surface area (Å²) < 4.78 is 70.0. The lowest BCUT2D eigenvalue weighted by atomic mass is 9.90. The zero-order valence-corrected chi connectivity index (χ0v) is 28.8. The van der Waals surface area contributed by atoms with Crippen molar-refractivity contribution in [3.8, 4) is 16.9 Å². The van der Waals surface area contributed by atoms with Gasteiger partial charge in [-0.3, -0.25) is 14.4 Å². The van der Waals surface area contributed by atoms with Crippen molar-refractivity contribution in [3.05, 3.63) is 88.9 Å². The summed E-state index contributed by atoms with van der Waals surface area (Å²) in [5.74, 6) is -8.83. The van der Waals surface area contributed by atoms with E-state index in [-0.39, 0.29) is 24.7 Å². The number of nitrogens with zero attached hydrogens (tertiary/aromatic N) is 1. The van der Waals surface area contributed by atoms with E-state index in [4.69, 9.17) is 32.0 Å². The predicted molar refractivity (Wildman–Crippen MR) is 183 cm³/mol. The Kier molecular flexibility index (Phi) is 13.7. The number of aliphatic carboxylic acids is 1. The first-order valence-corrected chi connectivity index (χ1v) is 17.1. The second kappa shape index (κ2) is 17.8. The number of hydrogen-bond acceptors (Lipinski definition) is 6. The molecule has 5 rings (SSSR count). The van der Waals surface area contributed by atoms with Crippen molar-refractivity contribution in [2.75, 3.05) is 19.7 Å². The summed E-state index contributed by atoms with van der Waals surface area (Å²) in [6.45, 7) is 0.928. The van der Waals surface area contributed by atoms with Crippen LogP contribution in [-0.2, 0) is 20.3 Å². The molecule has 3 aromatic carbocycles. The first-order valence-electron chi connectivity index (χ1n) is 16.7. The lowest BCUT2D eigenvalue weighted by Crippen LogP contribution is -2.59. The van der Waals surface area contributed by atoms with E-state index < -0.39 is 47.3 Å². The van der Waals surface area contributed by atoms with Crippen molar-refractivity contribution < 1.29 is 51.0 Å². The van der Waals surface area contributed by atoms with Crippen LogP contribution in [0.4, 0.5) is 22.0 Å². The van der Waals surface area contributed by atoms with E-state index in [1.165, 1.54) is 60.6 Å². The second-order valence-electron chi connectivity index (χ2n) is 12.7. The maximum atomic E-state index is 16.2. The Hall–Kier alpha value is -4.56. The third-order valence-electron chi connectivity index (χ3n) is 8.96. The van der Waals surface area contributed by atoms with Crippen LogP contribution in [0.15, 0.2) is 72.8 Å². The molecule has 3 aromatic rings. The van der Waals surface area contributed by atoms with Crippen molar-refractivity contribution in [2.24, 2.45) is 11.7 Å². The Morgan fingerprint density at radius 1 is 0.827 bits per heavy atom. The van der Waals surface area contributed by atoms with Gasteiger partial charge in [-0.15, -0.1) is 0 Å². The Bertz CT molecular complexity index is 1670. The molecule has 2 aliphatic rings. The average molecular weight is 752 g/mol. The lowest BCUT2D eigenvalue weighted by Gasteiger charge is -2.35. The molecule has 280 valence electrons.